The molecule has 1 N–H and O–H groups in total. The monoisotopic (exact) mass is 455 g/mol. The van der Waals surface area contributed by atoms with Crippen LogP contribution in [0.4, 0.5) is 5.69 Å². The summed E-state index contributed by atoms with van der Waals surface area (Å²) in [4.78, 5) is 14.6. The first-order valence-electron chi connectivity index (χ1n) is 9.64. The molecule has 0 unspecified atom stereocenters. The van der Waals surface area contributed by atoms with Gasteiger partial charge in [-0.05, 0) is 30.7 Å². The van der Waals surface area contributed by atoms with Gasteiger partial charge in [0.1, 0.15) is 0 Å². The van der Waals surface area contributed by atoms with Crippen LogP contribution in [-0.2, 0) is 21.8 Å². The van der Waals surface area contributed by atoms with Crippen molar-refractivity contribution < 1.29 is 17.9 Å². The number of methoxy groups -OCH3 is 1. The number of amides is 1. The lowest BCUT2D eigenvalue weighted by Crippen LogP contribution is -2.49. The quantitative estimate of drug-likeness (QED) is 0.603. The van der Waals surface area contributed by atoms with Crippen LogP contribution in [0, 0.1) is 0 Å². The molecule has 164 valence electrons. The van der Waals surface area contributed by atoms with Gasteiger partial charge in [-0.2, -0.15) is 9.40 Å². The standard InChI is InChI=1S/C19H26ClN5O4S/c1-23-14-17(18(26)21-8-3-13-29-2)19(22-23)30(27,28)25-11-9-24(10-12-25)16-6-4-15(20)5-7-16/h4-7,14H,3,8-13H2,1-2H3,(H,21,26). The van der Waals surface area contributed by atoms with Crippen LogP contribution in [0.25, 0.3) is 0 Å². The van der Waals surface area contributed by atoms with E-state index in [2.05, 4.69) is 15.3 Å². The fraction of sp³-hybridized carbons (Fsp3) is 0.474. The van der Waals surface area contributed by atoms with Crippen molar-refractivity contribution in [3.63, 3.8) is 0 Å². The lowest BCUT2D eigenvalue weighted by Gasteiger charge is -2.35. The Hall–Kier alpha value is -2.14. The number of halogens is 1. The zero-order valence-corrected chi connectivity index (χ0v) is 18.6. The number of sulfonamides is 1. The smallest absolute Gasteiger partial charge is 0.263 e. The number of nitrogens with one attached hydrogen (secondary N) is 1. The molecule has 1 aliphatic rings. The summed E-state index contributed by atoms with van der Waals surface area (Å²) in [6, 6.07) is 7.45. The highest BCUT2D eigenvalue weighted by molar-refractivity contribution is 7.89. The van der Waals surface area contributed by atoms with Crippen LogP contribution in [0.5, 0.6) is 0 Å². The maximum Gasteiger partial charge on any atom is 0.263 e. The summed E-state index contributed by atoms with van der Waals surface area (Å²) >= 11 is 5.94. The molecule has 0 atom stereocenters. The average Bonchev–Trinajstić information content (AvgIpc) is 3.14. The molecule has 1 amide bonds. The Balaban J connectivity index is 1.70. The lowest BCUT2D eigenvalue weighted by atomic mass is 10.2. The third-order valence-corrected chi connectivity index (χ3v) is 6.95. The molecular formula is C19H26ClN5O4S. The van der Waals surface area contributed by atoms with E-state index in [0.717, 1.165) is 5.69 Å². The molecule has 1 aliphatic heterocycles. The highest BCUT2D eigenvalue weighted by atomic mass is 35.5. The van der Waals surface area contributed by atoms with Crippen LogP contribution < -0.4 is 10.2 Å². The molecule has 0 bridgehead atoms. The second-order valence-electron chi connectivity index (χ2n) is 6.99. The van der Waals surface area contributed by atoms with Crippen molar-refractivity contribution in [2.24, 2.45) is 7.05 Å². The Bertz CT molecular complexity index is 969. The average molecular weight is 456 g/mol. The van der Waals surface area contributed by atoms with Crippen LogP contribution in [0.2, 0.25) is 5.02 Å². The second kappa shape index (κ2) is 9.78. The van der Waals surface area contributed by atoms with Gasteiger partial charge in [0.25, 0.3) is 15.9 Å². The summed E-state index contributed by atoms with van der Waals surface area (Å²) in [5, 5.41) is 7.25. The fourth-order valence-corrected chi connectivity index (χ4v) is 4.96. The lowest BCUT2D eigenvalue weighted by molar-refractivity contribution is 0.0945. The van der Waals surface area contributed by atoms with Crippen LogP contribution in [-0.4, -0.2) is 74.9 Å². The molecular weight excluding hydrogens is 430 g/mol. The van der Waals surface area contributed by atoms with Gasteiger partial charge in [-0.25, -0.2) is 8.42 Å². The Morgan fingerprint density at radius 3 is 2.50 bits per heavy atom. The summed E-state index contributed by atoms with van der Waals surface area (Å²) in [5.41, 5.74) is 1.04. The second-order valence-corrected chi connectivity index (χ2v) is 9.28. The third kappa shape index (κ3) is 5.12. The first-order valence-corrected chi connectivity index (χ1v) is 11.5. The molecule has 1 saturated heterocycles. The molecule has 30 heavy (non-hydrogen) atoms. The van der Waals surface area contributed by atoms with E-state index in [4.69, 9.17) is 16.3 Å². The highest BCUT2D eigenvalue weighted by Crippen LogP contribution is 2.23. The number of ether oxygens (including phenoxy) is 1. The van der Waals surface area contributed by atoms with E-state index in [0.29, 0.717) is 50.8 Å². The van der Waals surface area contributed by atoms with Crippen molar-refractivity contribution in [1.82, 2.24) is 19.4 Å². The first kappa shape index (κ1) is 22.5. The minimum absolute atomic E-state index is 0.0510. The predicted molar refractivity (Wildman–Crippen MR) is 114 cm³/mol. The minimum atomic E-state index is -3.90. The minimum Gasteiger partial charge on any atom is -0.385 e. The Morgan fingerprint density at radius 2 is 1.87 bits per heavy atom. The van der Waals surface area contributed by atoms with Gasteiger partial charge in [0.2, 0.25) is 5.03 Å². The number of anilines is 1. The van der Waals surface area contributed by atoms with Crippen molar-refractivity contribution in [2.75, 3.05) is 51.3 Å². The number of rotatable bonds is 8. The summed E-state index contributed by atoms with van der Waals surface area (Å²) in [5.74, 6) is -0.461. The molecule has 0 aliphatic carbocycles. The van der Waals surface area contributed by atoms with Crippen molar-refractivity contribution in [1.29, 1.82) is 0 Å². The van der Waals surface area contributed by atoms with E-state index in [-0.39, 0.29) is 10.6 Å². The summed E-state index contributed by atoms with van der Waals surface area (Å²) < 4.78 is 34.1. The van der Waals surface area contributed by atoms with Crippen LogP contribution >= 0.6 is 11.6 Å². The van der Waals surface area contributed by atoms with E-state index in [9.17, 15) is 13.2 Å². The van der Waals surface area contributed by atoms with E-state index >= 15 is 0 Å². The Morgan fingerprint density at radius 1 is 1.20 bits per heavy atom. The van der Waals surface area contributed by atoms with Crippen LogP contribution in [0.1, 0.15) is 16.8 Å². The van der Waals surface area contributed by atoms with Gasteiger partial charge >= 0.3 is 0 Å². The molecule has 1 aromatic carbocycles. The fourth-order valence-electron chi connectivity index (χ4n) is 3.29. The summed E-state index contributed by atoms with van der Waals surface area (Å²) in [6.07, 6.45) is 2.07. The molecule has 3 rings (SSSR count). The molecule has 9 nitrogen and oxygen atoms in total. The van der Waals surface area contributed by atoms with Gasteiger partial charge in [-0.15, -0.1) is 0 Å². The SMILES string of the molecule is COCCCNC(=O)c1cn(C)nc1S(=O)(=O)N1CCN(c2ccc(Cl)cc2)CC1. The number of piperazine rings is 1. The van der Waals surface area contributed by atoms with Crippen LogP contribution in [0.3, 0.4) is 0 Å². The Labute approximate surface area is 181 Å². The molecule has 11 heteroatoms. The zero-order valence-electron chi connectivity index (χ0n) is 17.0. The van der Waals surface area contributed by atoms with Crippen molar-refractivity contribution in [2.45, 2.75) is 11.4 Å². The van der Waals surface area contributed by atoms with E-state index in [1.807, 2.05) is 24.3 Å². The largest absolute Gasteiger partial charge is 0.385 e. The number of benzene rings is 1. The highest BCUT2D eigenvalue weighted by Gasteiger charge is 2.34. The molecule has 0 saturated carbocycles. The number of nitrogens with zero attached hydrogens (tertiary/aromatic N) is 4. The molecule has 2 aromatic rings. The Kier molecular flexibility index (Phi) is 7.35. The maximum absolute atomic E-state index is 13.2. The molecule has 1 fully saturated rings. The molecule has 2 heterocycles. The van der Waals surface area contributed by atoms with Crippen molar-refractivity contribution in [3.8, 4) is 0 Å². The van der Waals surface area contributed by atoms with Crippen molar-refractivity contribution in [3.05, 3.63) is 41.0 Å². The van der Waals surface area contributed by atoms with E-state index in [1.54, 1.807) is 14.2 Å². The number of aryl methyl sites for hydroxylation is 1. The zero-order chi connectivity index (χ0) is 21.7. The van der Waals surface area contributed by atoms with E-state index in [1.165, 1.54) is 15.2 Å². The molecule has 0 radical (unpaired) electrons. The summed E-state index contributed by atoms with van der Waals surface area (Å²) in [6.45, 7) is 2.57. The van der Waals surface area contributed by atoms with E-state index < -0.39 is 15.9 Å². The number of carbonyl (C=O) groups is 1. The van der Waals surface area contributed by atoms with Gasteiger partial charge in [0.15, 0.2) is 0 Å². The maximum atomic E-state index is 13.2. The van der Waals surface area contributed by atoms with Gasteiger partial charge in [0.05, 0.1) is 5.56 Å². The number of aromatic nitrogens is 2. The van der Waals surface area contributed by atoms with Gasteiger partial charge < -0.3 is 15.0 Å². The van der Waals surface area contributed by atoms with Gasteiger partial charge in [-0.3, -0.25) is 9.48 Å². The topological polar surface area (TPSA) is 96.8 Å². The van der Waals surface area contributed by atoms with Crippen LogP contribution in [0.15, 0.2) is 35.5 Å². The molecule has 1 aromatic heterocycles. The van der Waals surface area contributed by atoms with Crippen molar-refractivity contribution >= 4 is 33.2 Å². The number of carbonyl (C=O) groups excluding carboxylic acids is 1. The summed E-state index contributed by atoms with van der Waals surface area (Å²) in [7, 11) is -0.716. The number of hydrogen-bond donors (Lipinski definition) is 1. The first-order chi connectivity index (χ1) is 14.3. The predicted octanol–water partition coefficient (Wildman–Crippen LogP) is 1.35. The third-order valence-electron chi connectivity index (χ3n) is 4.86. The molecule has 0 spiro atoms. The number of hydrogen-bond acceptors (Lipinski definition) is 6. The van der Waals surface area contributed by atoms with Gasteiger partial charge in [-0.1, -0.05) is 11.6 Å². The van der Waals surface area contributed by atoms with Gasteiger partial charge in [0, 0.05) is 70.4 Å². The normalized spacial score (nSPS) is 15.4.